The second kappa shape index (κ2) is 7.10. The van der Waals surface area contributed by atoms with Gasteiger partial charge in [-0.15, -0.1) is 0 Å². The lowest BCUT2D eigenvalue weighted by molar-refractivity contribution is -0.385. The fourth-order valence-electron chi connectivity index (χ4n) is 2.02. The molecule has 2 aromatic heterocycles. The molecule has 0 aliphatic rings. The van der Waals surface area contributed by atoms with Crippen molar-refractivity contribution in [2.45, 2.75) is 6.92 Å². The van der Waals surface area contributed by atoms with Crippen LogP contribution in [0.4, 0.5) is 17.2 Å². The fourth-order valence-corrected chi connectivity index (χ4v) is 2.20. The van der Waals surface area contributed by atoms with Crippen molar-refractivity contribution in [3.8, 4) is 11.6 Å². The number of nitrogens with zero attached hydrogens (tertiary/aromatic N) is 4. The molecule has 0 saturated carbocycles. The molecule has 2 heterocycles. The van der Waals surface area contributed by atoms with Gasteiger partial charge in [0.25, 0.3) is 0 Å². The van der Waals surface area contributed by atoms with Crippen molar-refractivity contribution in [2.24, 2.45) is 0 Å². The predicted octanol–water partition coefficient (Wildman–Crippen LogP) is 4.28. The van der Waals surface area contributed by atoms with Gasteiger partial charge in [-0.25, -0.2) is 4.98 Å². The number of hydrogen-bond donors (Lipinski definition) is 1. The Kier molecular flexibility index (Phi) is 4.71. The maximum atomic E-state index is 11.5. The predicted molar refractivity (Wildman–Crippen MR) is 92.5 cm³/mol. The first-order valence-corrected chi connectivity index (χ1v) is 7.53. The zero-order chi connectivity index (χ0) is 17.8. The van der Waals surface area contributed by atoms with E-state index in [1.165, 1.54) is 12.5 Å². The first-order chi connectivity index (χ1) is 12.0. The molecule has 0 bridgehead atoms. The minimum atomic E-state index is -0.607. The van der Waals surface area contributed by atoms with Crippen molar-refractivity contribution in [1.82, 2.24) is 15.0 Å². The van der Waals surface area contributed by atoms with Crippen LogP contribution in [-0.4, -0.2) is 19.9 Å². The number of pyridine rings is 1. The van der Waals surface area contributed by atoms with E-state index in [0.717, 1.165) is 5.56 Å². The smallest absolute Gasteiger partial charge is 0.373 e. The summed E-state index contributed by atoms with van der Waals surface area (Å²) in [6.07, 6.45) is 4.17. The summed E-state index contributed by atoms with van der Waals surface area (Å²) in [5, 5.41) is 14.9. The second-order valence-electron chi connectivity index (χ2n) is 5.01. The van der Waals surface area contributed by atoms with E-state index < -0.39 is 4.92 Å². The van der Waals surface area contributed by atoms with E-state index in [9.17, 15) is 10.1 Å². The van der Waals surface area contributed by atoms with Crippen LogP contribution in [0.2, 0.25) is 5.02 Å². The van der Waals surface area contributed by atoms with Gasteiger partial charge in [-0.2, -0.15) is 4.98 Å². The van der Waals surface area contributed by atoms with Crippen LogP contribution in [0.1, 0.15) is 5.56 Å². The number of ether oxygens (including phenoxy) is 1. The van der Waals surface area contributed by atoms with Gasteiger partial charge in [0, 0.05) is 16.9 Å². The standard InChI is InChI=1S/C16H12ClN5O3/c1-10-4-5-11(7-13(10)17)21-15-14(22(23)24)16(20-9-19-15)25-12-3-2-6-18-8-12/h2-9H,1H3,(H,19,20,21). The SMILES string of the molecule is Cc1ccc(Nc2ncnc(Oc3cccnc3)c2[N+](=O)[O-])cc1Cl. The number of nitro groups is 1. The van der Waals surface area contributed by atoms with Gasteiger partial charge in [0.2, 0.25) is 5.82 Å². The number of anilines is 2. The number of aromatic nitrogens is 3. The lowest BCUT2D eigenvalue weighted by Crippen LogP contribution is -2.03. The summed E-state index contributed by atoms with van der Waals surface area (Å²) in [6, 6.07) is 8.46. The topological polar surface area (TPSA) is 103 Å². The van der Waals surface area contributed by atoms with Gasteiger partial charge < -0.3 is 10.1 Å². The Balaban J connectivity index is 1.97. The second-order valence-corrected chi connectivity index (χ2v) is 5.42. The summed E-state index contributed by atoms with van der Waals surface area (Å²) in [5.41, 5.74) is 1.07. The van der Waals surface area contributed by atoms with Gasteiger partial charge in [-0.05, 0) is 36.8 Å². The third kappa shape index (κ3) is 3.81. The number of nitrogens with one attached hydrogen (secondary N) is 1. The Morgan fingerprint density at radius 2 is 2.12 bits per heavy atom. The molecule has 1 N–H and O–H groups in total. The molecule has 25 heavy (non-hydrogen) atoms. The number of hydrogen-bond acceptors (Lipinski definition) is 7. The zero-order valence-corrected chi connectivity index (χ0v) is 13.8. The molecule has 3 aromatic rings. The van der Waals surface area contributed by atoms with E-state index in [1.807, 2.05) is 6.92 Å². The summed E-state index contributed by atoms with van der Waals surface area (Å²) in [6.45, 7) is 1.86. The van der Waals surface area contributed by atoms with Gasteiger partial charge in [-0.1, -0.05) is 17.7 Å². The quantitative estimate of drug-likeness (QED) is 0.537. The van der Waals surface area contributed by atoms with Crippen LogP contribution in [0.25, 0.3) is 0 Å². The first-order valence-electron chi connectivity index (χ1n) is 7.15. The number of rotatable bonds is 5. The normalized spacial score (nSPS) is 10.3. The molecule has 0 fully saturated rings. The van der Waals surface area contributed by atoms with Crippen molar-refractivity contribution in [3.63, 3.8) is 0 Å². The monoisotopic (exact) mass is 357 g/mol. The molecule has 0 unspecified atom stereocenters. The van der Waals surface area contributed by atoms with Crippen molar-refractivity contribution in [1.29, 1.82) is 0 Å². The Morgan fingerprint density at radius 3 is 2.80 bits per heavy atom. The molecular formula is C16H12ClN5O3. The Bertz CT molecular complexity index is 921. The molecule has 3 rings (SSSR count). The Labute approximate surface area is 147 Å². The minimum absolute atomic E-state index is 0.00110. The van der Waals surface area contributed by atoms with E-state index >= 15 is 0 Å². The summed E-state index contributed by atoms with van der Waals surface area (Å²) in [7, 11) is 0. The maximum Gasteiger partial charge on any atom is 0.373 e. The molecule has 0 aliphatic heterocycles. The molecule has 9 heteroatoms. The highest BCUT2D eigenvalue weighted by atomic mass is 35.5. The van der Waals surface area contributed by atoms with Crippen LogP contribution >= 0.6 is 11.6 Å². The fraction of sp³-hybridized carbons (Fsp3) is 0.0625. The number of halogens is 1. The van der Waals surface area contributed by atoms with Gasteiger partial charge in [0.1, 0.15) is 12.1 Å². The van der Waals surface area contributed by atoms with Crippen molar-refractivity contribution in [2.75, 3.05) is 5.32 Å². The molecule has 0 aliphatic carbocycles. The summed E-state index contributed by atoms with van der Waals surface area (Å²) < 4.78 is 5.47. The van der Waals surface area contributed by atoms with E-state index in [0.29, 0.717) is 16.5 Å². The molecular weight excluding hydrogens is 346 g/mol. The van der Waals surface area contributed by atoms with Crippen molar-refractivity contribution in [3.05, 3.63) is 69.8 Å². The summed E-state index contributed by atoms with van der Waals surface area (Å²) in [4.78, 5) is 22.6. The average Bonchev–Trinajstić information content (AvgIpc) is 2.59. The molecule has 0 atom stereocenters. The summed E-state index contributed by atoms with van der Waals surface area (Å²) in [5.74, 6) is 0.140. The third-order valence-electron chi connectivity index (χ3n) is 3.25. The van der Waals surface area contributed by atoms with Crippen LogP contribution in [0.3, 0.4) is 0 Å². The molecule has 126 valence electrons. The molecule has 0 radical (unpaired) electrons. The summed E-state index contributed by atoms with van der Waals surface area (Å²) >= 11 is 6.08. The Hall–Kier alpha value is -3.26. The van der Waals surface area contributed by atoms with Crippen LogP contribution < -0.4 is 10.1 Å². The highest BCUT2D eigenvalue weighted by Gasteiger charge is 2.25. The number of benzene rings is 1. The zero-order valence-electron chi connectivity index (χ0n) is 13.0. The maximum absolute atomic E-state index is 11.5. The molecule has 0 saturated heterocycles. The lowest BCUT2D eigenvalue weighted by Gasteiger charge is -2.10. The van der Waals surface area contributed by atoms with Gasteiger partial charge in [0.05, 0.1) is 11.1 Å². The van der Waals surface area contributed by atoms with E-state index in [2.05, 4.69) is 20.3 Å². The molecule has 1 aromatic carbocycles. The lowest BCUT2D eigenvalue weighted by atomic mass is 10.2. The highest BCUT2D eigenvalue weighted by Crippen LogP contribution is 2.35. The van der Waals surface area contributed by atoms with Gasteiger partial charge >= 0.3 is 11.6 Å². The van der Waals surface area contributed by atoms with E-state index in [-0.39, 0.29) is 17.4 Å². The van der Waals surface area contributed by atoms with E-state index in [1.54, 1.807) is 36.5 Å². The van der Waals surface area contributed by atoms with Crippen molar-refractivity contribution < 1.29 is 9.66 Å². The number of aryl methyl sites for hydroxylation is 1. The van der Waals surface area contributed by atoms with Gasteiger partial charge in [-0.3, -0.25) is 15.1 Å². The van der Waals surface area contributed by atoms with Crippen LogP contribution in [0.15, 0.2) is 49.1 Å². The van der Waals surface area contributed by atoms with Crippen LogP contribution in [0, 0.1) is 17.0 Å². The minimum Gasteiger partial charge on any atom is -0.432 e. The third-order valence-corrected chi connectivity index (χ3v) is 3.66. The van der Waals surface area contributed by atoms with Gasteiger partial charge in [0.15, 0.2) is 0 Å². The largest absolute Gasteiger partial charge is 0.432 e. The van der Waals surface area contributed by atoms with Crippen LogP contribution in [-0.2, 0) is 0 Å². The first kappa shape index (κ1) is 16.6. The highest BCUT2D eigenvalue weighted by molar-refractivity contribution is 6.31. The van der Waals surface area contributed by atoms with Crippen molar-refractivity contribution >= 4 is 28.8 Å². The molecule has 8 nitrogen and oxygen atoms in total. The van der Waals surface area contributed by atoms with E-state index in [4.69, 9.17) is 16.3 Å². The molecule has 0 spiro atoms. The van der Waals surface area contributed by atoms with Crippen LogP contribution in [0.5, 0.6) is 11.6 Å². The average molecular weight is 358 g/mol. The molecule has 0 amide bonds. The Morgan fingerprint density at radius 1 is 1.28 bits per heavy atom.